The fraction of sp³-hybridized carbons (Fsp3) is 0.818. The number of rotatable bonds is 7. The summed E-state index contributed by atoms with van der Waals surface area (Å²) < 4.78 is 0. The zero-order valence-corrected chi connectivity index (χ0v) is 10.3. The first-order chi connectivity index (χ1) is 7.67. The minimum Gasteiger partial charge on any atom is -0.299 e. The van der Waals surface area contributed by atoms with Gasteiger partial charge in [-0.15, -0.1) is 10.2 Å². The average molecular weight is 224 g/mol. The lowest BCUT2D eigenvalue weighted by atomic mass is 9.92. The van der Waals surface area contributed by atoms with Gasteiger partial charge in [-0.25, -0.2) is 0 Å². The van der Waals surface area contributed by atoms with Crippen molar-refractivity contribution in [3.05, 3.63) is 5.82 Å². The van der Waals surface area contributed by atoms with E-state index in [2.05, 4.69) is 29.3 Å². The number of nitrogens with zero attached hydrogens (tertiary/aromatic N) is 4. The van der Waals surface area contributed by atoms with E-state index in [4.69, 9.17) is 0 Å². The van der Waals surface area contributed by atoms with Gasteiger partial charge >= 0.3 is 0 Å². The summed E-state index contributed by atoms with van der Waals surface area (Å²) in [5, 5.41) is 11.6. The van der Waals surface area contributed by atoms with Gasteiger partial charge < -0.3 is 0 Å². The summed E-state index contributed by atoms with van der Waals surface area (Å²) in [5.41, 5.74) is 0. The lowest BCUT2D eigenvalue weighted by molar-refractivity contribution is -0.122. The summed E-state index contributed by atoms with van der Waals surface area (Å²) in [6, 6.07) is 0. The Kier molecular flexibility index (Phi) is 5.08. The standard InChI is InChI=1S/C11H20N4O/c1-4-6-9(7-5-2)10(16)8-11-12-14-15(3)13-11/h9H,4-8H2,1-3H3. The minimum absolute atomic E-state index is 0.166. The Labute approximate surface area is 96.2 Å². The van der Waals surface area contributed by atoms with Gasteiger partial charge in [0.15, 0.2) is 5.82 Å². The van der Waals surface area contributed by atoms with E-state index in [-0.39, 0.29) is 11.7 Å². The molecule has 5 nitrogen and oxygen atoms in total. The average Bonchev–Trinajstić information content (AvgIpc) is 2.63. The van der Waals surface area contributed by atoms with Crippen LogP contribution in [0.4, 0.5) is 0 Å². The Bertz CT molecular complexity index is 328. The van der Waals surface area contributed by atoms with Gasteiger partial charge in [-0.3, -0.25) is 4.79 Å². The highest BCUT2D eigenvalue weighted by Crippen LogP contribution is 2.16. The normalized spacial score (nSPS) is 11.0. The van der Waals surface area contributed by atoms with E-state index in [1.165, 1.54) is 4.80 Å². The Morgan fingerprint density at radius 1 is 1.31 bits per heavy atom. The summed E-state index contributed by atoms with van der Waals surface area (Å²) in [6.07, 6.45) is 4.34. The van der Waals surface area contributed by atoms with Gasteiger partial charge in [0.25, 0.3) is 0 Å². The lowest BCUT2D eigenvalue weighted by Crippen LogP contribution is -2.17. The van der Waals surface area contributed by atoms with Crippen LogP contribution in [0, 0.1) is 5.92 Å². The SMILES string of the molecule is CCCC(CCC)C(=O)Cc1nnn(C)n1. The van der Waals surface area contributed by atoms with Crippen molar-refractivity contribution in [2.75, 3.05) is 0 Å². The molecule has 0 amide bonds. The van der Waals surface area contributed by atoms with Crippen molar-refractivity contribution in [2.24, 2.45) is 13.0 Å². The van der Waals surface area contributed by atoms with E-state index in [0.717, 1.165) is 25.7 Å². The molecule has 1 aromatic rings. The molecule has 0 N–H and O–H groups in total. The van der Waals surface area contributed by atoms with Crippen LogP contribution in [0.15, 0.2) is 0 Å². The maximum Gasteiger partial charge on any atom is 0.182 e. The number of carbonyl (C=O) groups excluding carboxylic acids is 1. The highest BCUT2D eigenvalue weighted by Gasteiger charge is 2.18. The van der Waals surface area contributed by atoms with E-state index >= 15 is 0 Å². The number of ketones is 1. The van der Waals surface area contributed by atoms with Crippen molar-refractivity contribution >= 4 is 5.78 Å². The van der Waals surface area contributed by atoms with Crippen molar-refractivity contribution < 1.29 is 4.79 Å². The van der Waals surface area contributed by atoms with Crippen molar-refractivity contribution in [3.63, 3.8) is 0 Å². The number of hydrogen-bond acceptors (Lipinski definition) is 4. The molecule has 1 heterocycles. The molecule has 0 bridgehead atoms. The Balaban J connectivity index is 2.54. The monoisotopic (exact) mass is 224 g/mol. The van der Waals surface area contributed by atoms with Crippen molar-refractivity contribution in [2.45, 2.75) is 46.0 Å². The third-order valence-electron chi connectivity index (χ3n) is 2.61. The largest absolute Gasteiger partial charge is 0.299 e. The van der Waals surface area contributed by atoms with Crippen LogP contribution < -0.4 is 0 Å². The molecular weight excluding hydrogens is 204 g/mol. The van der Waals surface area contributed by atoms with Crippen LogP contribution in [0.25, 0.3) is 0 Å². The van der Waals surface area contributed by atoms with Crippen molar-refractivity contribution in [1.29, 1.82) is 0 Å². The maximum atomic E-state index is 12.0. The zero-order valence-electron chi connectivity index (χ0n) is 10.3. The van der Waals surface area contributed by atoms with Gasteiger partial charge in [0.2, 0.25) is 0 Å². The predicted molar refractivity (Wildman–Crippen MR) is 60.8 cm³/mol. The van der Waals surface area contributed by atoms with Crippen LogP contribution >= 0.6 is 0 Å². The molecule has 0 atom stereocenters. The van der Waals surface area contributed by atoms with Gasteiger partial charge in [0, 0.05) is 5.92 Å². The number of aromatic nitrogens is 4. The highest BCUT2D eigenvalue weighted by molar-refractivity contribution is 5.82. The maximum absolute atomic E-state index is 12.0. The fourth-order valence-corrected chi connectivity index (χ4v) is 1.86. The number of carbonyl (C=O) groups is 1. The second kappa shape index (κ2) is 6.35. The first-order valence-electron chi connectivity index (χ1n) is 5.93. The van der Waals surface area contributed by atoms with Crippen LogP contribution in [0.2, 0.25) is 0 Å². The van der Waals surface area contributed by atoms with Crippen LogP contribution in [0.1, 0.15) is 45.4 Å². The molecule has 0 aliphatic carbocycles. The van der Waals surface area contributed by atoms with Gasteiger partial charge in [-0.05, 0) is 18.1 Å². The summed E-state index contributed by atoms with van der Waals surface area (Å²) in [7, 11) is 1.70. The van der Waals surface area contributed by atoms with Crippen LogP contribution in [0.5, 0.6) is 0 Å². The van der Waals surface area contributed by atoms with Gasteiger partial charge in [-0.2, -0.15) is 4.80 Å². The van der Waals surface area contributed by atoms with E-state index in [0.29, 0.717) is 12.2 Å². The molecule has 0 aromatic carbocycles. The van der Waals surface area contributed by atoms with E-state index in [1.54, 1.807) is 7.05 Å². The molecular formula is C11H20N4O. The summed E-state index contributed by atoms with van der Waals surface area (Å²) in [4.78, 5) is 13.4. The molecule has 0 fully saturated rings. The number of aryl methyl sites for hydroxylation is 1. The van der Waals surface area contributed by atoms with Crippen molar-refractivity contribution in [3.8, 4) is 0 Å². The number of Topliss-reactive ketones (excluding diaryl/α,β-unsaturated/α-hetero) is 1. The molecule has 90 valence electrons. The number of hydrogen-bond donors (Lipinski definition) is 0. The number of tetrazole rings is 1. The molecule has 0 aliphatic heterocycles. The molecule has 0 saturated heterocycles. The van der Waals surface area contributed by atoms with Crippen LogP contribution in [-0.4, -0.2) is 26.0 Å². The molecule has 0 aliphatic rings. The third-order valence-corrected chi connectivity index (χ3v) is 2.61. The molecule has 0 spiro atoms. The second-order valence-corrected chi connectivity index (χ2v) is 4.11. The molecule has 0 saturated carbocycles. The summed E-state index contributed by atoms with van der Waals surface area (Å²) in [6.45, 7) is 4.22. The van der Waals surface area contributed by atoms with E-state index in [1.807, 2.05) is 0 Å². The highest BCUT2D eigenvalue weighted by atomic mass is 16.1. The van der Waals surface area contributed by atoms with E-state index < -0.39 is 0 Å². The Morgan fingerprint density at radius 3 is 2.38 bits per heavy atom. The molecule has 5 heteroatoms. The fourth-order valence-electron chi connectivity index (χ4n) is 1.86. The topological polar surface area (TPSA) is 60.7 Å². The Morgan fingerprint density at radius 2 is 1.94 bits per heavy atom. The first-order valence-corrected chi connectivity index (χ1v) is 5.93. The van der Waals surface area contributed by atoms with Gasteiger partial charge in [0.1, 0.15) is 5.78 Å². The Hall–Kier alpha value is -1.26. The molecule has 1 rings (SSSR count). The molecule has 0 unspecified atom stereocenters. The third kappa shape index (κ3) is 3.72. The smallest absolute Gasteiger partial charge is 0.182 e. The zero-order chi connectivity index (χ0) is 12.0. The predicted octanol–water partition coefficient (Wildman–Crippen LogP) is 1.54. The first kappa shape index (κ1) is 12.8. The molecule has 16 heavy (non-hydrogen) atoms. The lowest BCUT2D eigenvalue weighted by Gasteiger charge is -2.12. The summed E-state index contributed by atoms with van der Waals surface area (Å²) in [5.74, 6) is 0.945. The minimum atomic E-state index is 0.166. The quantitative estimate of drug-likeness (QED) is 0.704. The van der Waals surface area contributed by atoms with E-state index in [9.17, 15) is 4.79 Å². The van der Waals surface area contributed by atoms with Crippen LogP contribution in [-0.2, 0) is 18.3 Å². The van der Waals surface area contributed by atoms with Gasteiger partial charge in [0.05, 0.1) is 13.5 Å². The molecule has 0 radical (unpaired) electrons. The summed E-state index contributed by atoms with van der Waals surface area (Å²) >= 11 is 0. The van der Waals surface area contributed by atoms with Crippen LogP contribution in [0.3, 0.4) is 0 Å². The van der Waals surface area contributed by atoms with Crippen molar-refractivity contribution in [1.82, 2.24) is 20.2 Å². The molecule has 1 aromatic heterocycles. The van der Waals surface area contributed by atoms with Gasteiger partial charge in [-0.1, -0.05) is 26.7 Å². The second-order valence-electron chi connectivity index (χ2n) is 4.11.